The highest BCUT2D eigenvalue weighted by Crippen LogP contribution is 2.01. The number of hydrogen-bond acceptors (Lipinski definition) is 4. The van der Waals surface area contributed by atoms with Crippen molar-refractivity contribution in [3.8, 4) is 0 Å². The number of rotatable bonds is 8. The smallest absolute Gasteiger partial charge is 0.140 e. The molecule has 15 heavy (non-hydrogen) atoms. The summed E-state index contributed by atoms with van der Waals surface area (Å²) in [5.74, 6) is 0.252. The van der Waals surface area contributed by atoms with Gasteiger partial charge in [-0.05, 0) is 13.3 Å². The minimum Gasteiger partial charge on any atom is -0.409 e. The van der Waals surface area contributed by atoms with Crippen molar-refractivity contribution >= 4 is 5.84 Å². The van der Waals surface area contributed by atoms with E-state index in [9.17, 15) is 0 Å². The molecule has 0 aliphatic heterocycles. The molecule has 0 aliphatic rings. The predicted molar refractivity (Wildman–Crippen MR) is 61.2 cm³/mol. The van der Waals surface area contributed by atoms with Crippen LogP contribution in [0.2, 0.25) is 0 Å². The van der Waals surface area contributed by atoms with E-state index < -0.39 is 0 Å². The molecule has 0 radical (unpaired) electrons. The fourth-order valence-electron chi connectivity index (χ4n) is 1.58. The monoisotopic (exact) mass is 217 g/mol. The predicted octanol–water partition coefficient (Wildman–Crippen LogP) is 0.916. The standard InChI is InChI=1S/C10H23N3O2/c1-4-5-9(7-15-3)12-8(2)6-10(11)13-14/h8-9,12,14H,4-7H2,1-3H3,(H2,11,13). The van der Waals surface area contributed by atoms with E-state index in [4.69, 9.17) is 15.7 Å². The molecule has 0 saturated heterocycles. The van der Waals surface area contributed by atoms with Crippen LogP contribution in [0.15, 0.2) is 5.16 Å². The second kappa shape index (κ2) is 8.49. The highest BCUT2D eigenvalue weighted by molar-refractivity contribution is 5.80. The van der Waals surface area contributed by atoms with Crippen molar-refractivity contribution in [3.05, 3.63) is 0 Å². The summed E-state index contributed by atoms with van der Waals surface area (Å²) < 4.78 is 5.12. The first-order chi connectivity index (χ1) is 7.13. The molecule has 5 nitrogen and oxygen atoms in total. The molecule has 0 bridgehead atoms. The number of amidine groups is 1. The molecular weight excluding hydrogens is 194 g/mol. The molecule has 0 fully saturated rings. The van der Waals surface area contributed by atoms with Crippen molar-refractivity contribution in [1.82, 2.24) is 5.32 Å². The molecule has 2 atom stereocenters. The van der Waals surface area contributed by atoms with Gasteiger partial charge in [0, 0.05) is 25.6 Å². The number of nitrogens with one attached hydrogen (secondary N) is 1. The van der Waals surface area contributed by atoms with E-state index in [1.165, 1.54) is 0 Å². The first-order valence-corrected chi connectivity index (χ1v) is 5.35. The van der Waals surface area contributed by atoms with Crippen LogP contribution < -0.4 is 11.1 Å². The largest absolute Gasteiger partial charge is 0.409 e. The molecule has 5 heteroatoms. The van der Waals surface area contributed by atoms with Gasteiger partial charge in [0.1, 0.15) is 5.84 Å². The summed E-state index contributed by atoms with van der Waals surface area (Å²) in [5.41, 5.74) is 5.43. The molecule has 4 N–H and O–H groups in total. The highest BCUT2D eigenvalue weighted by Gasteiger charge is 2.12. The minimum atomic E-state index is 0.188. The maximum absolute atomic E-state index is 8.44. The van der Waals surface area contributed by atoms with Crippen LogP contribution in [0.3, 0.4) is 0 Å². The van der Waals surface area contributed by atoms with Crippen LogP contribution in [-0.2, 0) is 4.74 Å². The van der Waals surface area contributed by atoms with Gasteiger partial charge >= 0.3 is 0 Å². The van der Waals surface area contributed by atoms with Crippen LogP contribution in [0, 0.1) is 0 Å². The topological polar surface area (TPSA) is 79.9 Å². The van der Waals surface area contributed by atoms with Crippen LogP contribution in [0.1, 0.15) is 33.1 Å². The summed E-state index contributed by atoms with van der Waals surface area (Å²) in [6, 6.07) is 0.522. The zero-order chi connectivity index (χ0) is 11.7. The molecule has 0 amide bonds. The second-order valence-electron chi connectivity index (χ2n) is 3.80. The number of hydrogen-bond donors (Lipinski definition) is 3. The van der Waals surface area contributed by atoms with Crippen LogP contribution in [0.25, 0.3) is 0 Å². The molecule has 0 rings (SSSR count). The first-order valence-electron chi connectivity index (χ1n) is 5.35. The van der Waals surface area contributed by atoms with E-state index in [2.05, 4.69) is 17.4 Å². The maximum Gasteiger partial charge on any atom is 0.140 e. The van der Waals surface area contributed by atoms with Crippen molar-refractivity contribution in [1.29, 1.82) is 0 Å². The third-order valence-corrected chi connectivity index (χ3v) is 2.17. The van der Waals surface area contributed by atoms with E-state index >= 15 is 0 Å². The van der Waals surface area contributed by atoms with Crippen molar-refractivity contribution in [3.63, 3.8) is 0 Å². The van der Waals surface area contributed by atoms with E-state index in [0.29, 0.717) is 19.1 Å². The Balaban J connectivity index is 3.92. The molecule has 0 saturated carbocycles. The Morgan fingerprint density at radius 3 is 2.73 bits per heavy atom. The van der Waals surface area contributed by atoms with Gasteiger partial charge in [0.15, 0.2) is 0 Å². The molecule has 2 unspecified atom stereocenters. The van der Waals surface area contributed by atoms with Gasteiger partial charge < -0.3 is 21.0 Å². The number of methoxy groups -OCH3 is 1. The van der Waals surface area contributed by atoms with E-state index in [1.54, 1.807) is 7.11 Å². The van der Waals surface area contributed by atoms with Gasteiger partial charge in [-0.2, -0.15) is 0 Å². The van der Waals surface area contributed by atoms with Crippen LogP contribution in [-0.4, -0.2) is 36.8 Å². The Kier molecular flexibility index (Phi) is 8.04. The summed E-state index contributed by atoms with van der Waals surface area (Å²) >= 11 is 0. The van der Waals surface area contributed by atoms with Crippen molar-refractivity contribution < 1.29 is 9.94 Å². The zero-order valence-electron chi connectivity index (χ0n) is 9.86. The van der Waals surface area contributed by atoms with Crippen LogP contribution in [0.4, 0.5) is 0 Å². The Hall–Kier alpha value is -0.810. The van der Waals surface area contributed by atoms with Gasteiger partial charge in [0.05, 0.1) is 6.61 Å². The molecule has 0 aromatic carbocycles. The van der Waals surface area contributed by atoms with Crippen molar-refractivity contribution in [2.75, 3.05) is 13.7 Å². The van der Waals surface area contributed by atoms with E-state index in [0.717, 1.165) is 12.8 Å². The lowest BCUT2D eigenvalue weighted by Gasteiger charge is -2.22. The SMILES string of the molecule is CCCC(COC)NC(C)CC(N)=NO. The maximum atomic E-state index is 8.44. The Bertz CT molecular complexity index is 180. The molecule has 0 heterocycles. The quantitative estimate of drug-likeness (QED) is 0.244. The fourth-order valence-corrected chi connectivity index (χ4v) is 1.58. The summed E-state index contributed by atoms with van der Waals surface area (Å²) in [5, 5.41) is 14.8. The Morgan fingerprint density at radius 1 is 1.60 bits per heavy atom. The summed E-state index contributed by atoms with van der Waals surface area (Å²) in [7, 11) is 1.69. The van der Waals surface area contributed by atoms with Gasteiger partial charge in [0.25, 0.3) is 0 Å². The third-order valence-electron chi connectivity index (χ3n) is 2.17. The molecule has 0 aromatic rings. The lowest BCUT2D eigenvalue weighted by Crippen LogP contribution is -2.41. The molecule has 0 spiro atoms. The Morgan fingerprint density at radius 2 is 2.27 bits per heavy atom. The average Bonchev–Trinajstić information content (AvgIpc) is 2.18. The summed E-state index contributed by atoms with van der Waals surface area (Å²) in [6.45, 7) is 4.84. The lowest BCUT2D eigenvalue weighted by molar-refractivity contribution is 0.157. The first kappa shape index (κ1) is 14.2. The highest BCUT2D eigenvalue weighted by atomic mass is 16.5. The minimum absolute atomic E-state index is 0.188. The van der Waals surface area contributed by atoms with Crippen molar-refractivity contribution in [2.24, 2.45) is 10.9 Å². The number of ether oxygens (including phenoxy) is 1. The fraction of sp³-hybridized carbons (Fsp3) is 0.900. The summed E-state index contributed by atoms with van der Waals surface area (Å²) in [4.78, 5) is 0. The van der Waals surface area contributed by atoms with E-state index in [-0.39, 0.29) is 11.9 Å². The normalized spacial score (nSPS) is 16.3. The molecular formula is C10H23N3O2. The van der Waals surface area contributed by atoms with Gasteiger partial charge in [-0.3, -0.25) is 0 Å². The van der Waals surface area contributed by atoms with Gasteiger partial charge in [-0.1, -0.05) is 18.5 Å². The lowest BCUT2D eigenvalue weighted by atomic mass is 10.1. The van der Waals surface area contributed by atoms with Gasteiger partial charge in [-0.15, -0.1) is 0 Å². The second-order valence-corrected chi connectivity index (χ2v) is 3.80. The number of oxime groups is 1. The third kappa shape index (κ3) is 7.16. The Labute approximate surface area is 91.7 Å². The van der Waals surface area contributed by atoms with E-state index in [1.807, 2.05) is 6.92 Å². The van der Waals surface area contributed by atoms with Crippen LogP contribution >= 0.6 is 0 Å². The average molecular weight is 217 g/mol. The van der Waals surface area contributed by atoms with Crippen molar-refractivity contribution in [2.45, 2.75) is 45.2 Å². The van der Waals surface area contributed by atoms with Gasteiger partial charge in [-0.25, -0.2) is 0 Å². The summed E-state index contributed by atoms with van der Waals surface area (Å²) in [6.07, 6.45) is 2.71. The zero-order valence-corrected chi connectivity index (χ0v) is 9.86. The molecule has 90 valence electrons. The molecule has 0 aliphatic carbocycles. The van der Waals surface area contributed by atoms with Crippen LogP contribution in [0.5, 0.6) is 0 Å². The van der Waals surface area contributed by atoms with Gasteiger partial charge in [0.2, 0.25) is 0 Å². The number of nitrogens with two attached hydrogens (primary N) is 1. The number of nitrogens with zero attached hydrogens (tertiary/aromatic N) is 1. The molecule has 0 aromatic heterocycles.